The van der Waals surface area contributed by atoms with Gasteiger partial charge in [-0.15, -0.1) is 0 Å². The number of hydrogen-bond donors (Lipinski definition) is 1. The van der Waals surface area contributed by atoms with Gasteiger partial charge in [0.2, 0.25) is 0 Å². The first kappa shape index (κ1) is 13.7. The number of anilines is 2. The largest absolute Gasteiger partial charge is 0.332 e. The van der Waals surface area contributed by atoms with Gasteiger partial charge in [-0.25, -0.2) is 9.69 Å². The van der Waals surface area contributed by atoms with Crippen molar-refractivity contribution < 1.29 is 4.79 Å². The molecule has 106 valence electrons. The lowest BCUT2D eigenvalue weighted by atomic mass is 10.3. The molecule has 1 aliphatic heterocycles. The zero-order chi connectivity index (χ0) is 14.5. The van der Waals surface area contributed by atoms with Crippen LogP contribution >= 0.6 is 11.8 Å². The molecule has 0 fully saturated rings. The Hall–Kier alpha value is -2.27. The van der Waals surface area contributed by atoms with Gasteiger partial charge in [0, 0.05) is 11.4 Å². The van der Waals surface area contributed by atoms with Gasteiger partial charge in [-0.3, -0.25) is 4.99 Å². The topological polar surface area (TPSA) is 44.7 Å². The monoisotopic (exact) mass is 297 g/mol. The molecule has 3 rings (SSSR count). The highest BCUT2D eigenvalue weighted by Crippen LogP contribution is 2.23. The second kappa shape index (κ2) is 6.45. The lowest BCUT2D eigenvalue weighted by Crippen LogP contribution is -2.38. The third kappa shape index (κ3) is 3.25. The molecule has 0 unspecified atom stereocenters. The highest BCUT2D eigenvalue weighted by molar-refractivity contribution is 8.14. The van der Waals surface area contributed by atoms with Crippen LogP contribution in [0.2, 0.25) is 0 Å². The first-order valence-electron chi connectivity index (χ1n) is 6.73. The number of rotatable bonds is 2. The number of aliphatic imine (C=N–C) groups is 1. The van der Waals surface area contributed by atoms with Crippen molar-refractivity contribution in [2.75, 3.05) is 22.5 Å². The lowest BCUT2D eigenvalue weighted by molar-refractivity contribution is 0.259. The van der Waals surface area contributed by atoms with Crippen LogP contribution < -0.4 is 10.2 Å². The SMILES string of the molecule is O=C(Nc1ccccc1)N(C1=NCCS1)c1ccccc1. The van der Waals surface area contributed by atoms with Gasteiger partial charge < -0.3 is 5.32 Å². The fraction of sp³-hybridized carbons (Fsp3) is 0.125. The number of carbonyl (C=O) groups is 1. The van der Waals surface area contributed by atoms with Crippen LogP contribution in [0.25, 0.3) is 0 Å². The number of urea groups is 1. The average molecular weight is 297 g/mol. The summed E-state index contributed by atoms with van der Waals surface area (Å²) in [5.74, 6) is 0.914. The van der Waals surface area contributed by atoms with Gasteiger partial charge in [0.25, 0.3) is 0 Å². The number of amidine groups is 1. The minimum absolute atomic E-state index is 0.194. The van der Waals surface area contributed by atoms with E-state index in [1.165, 1.54) is 0 Å². The van der Waals surface area contributed by atoms with Crippen molar-refractivity contribution in [2.24, 2.45) is 4.99 Å². The molecule has 0 radical (unpaired) electrons. The van der Waals surface area contributed by atoms with Crippen LogP contribution in [-0.4, -0.2) is 23.5 Å². The van der Waals surface area contributed by atoms with E-state index in [9.17, 15) is 4.79 Å². The molecule has 0 atom stereocenters. The summed E-state index contributed by atoms with van der Waals surface area (Å²) in [6, 6.07) is 18.8. The molecule has 2 aromatic carbocycles. The molecule has 4 nitrogen and oxygen atoms in total. The summed E-state index contributed by atoms with van der Waals surface area (Å²) in [4.78, 5) is 18.7. The maximum absolute atomic E-state index is 12.6. The number of thioether (sulfide) groups is 1. The maximum Gasteiger partial charge on any atom is 0.332 e. The zero-order valence-electron chi connectivity index (χ0n) is 11.4. The van der Waals surface area contributed by atoms with Crippen molar-refractivity contribution >= 4 is 34.3 Å². The molecular weight excluding hydrogens is 282 g/mol. The van der Waals surface area contributed by atoms with E-state index >= 15 is 0 Å². The molecule has 0 saturated carbocycles. The molecule has 2 amide bonds. The quantitative estimate of drug-likeness (QED) is 0.915. The standard InChI is InChI=1S/C16H15N3OS/c20-15(18-13-7-3-1-4-8-13)19(16-17-11-12-21-16)14-9-5-2-6-10-14/h1-10H,11-12H2,(H,18,20). The van der Waals surface area contributed by atoms with Gasteiger partial charge >= 0.3 is 6.03 Å². The van der Waals surface area contributed by atoms with Crippen molar-refractivity contribution in [3.63, 3.8) is 0 Å². The third-order valence-corrected chi connectivity index (χ3v) is 3.96. The van der Waals surface area contributed by atoms with Crippen LogP contribution in [0, 0.1) is 0 Å². The van der Waals surface area contributed by atoms with Crippen molar-refractivity contribution in [3.05, 3.63) is 60.7 Å². The van der Waals surface area contributed by atoms with Crippen LogP contribution in [0.5, 0.6) is 0 Å². The number of carbonyl (C=O) groups excluding carboxylic acids is 1. The third-order valence-electron chi connectivity index (χ3n) is 3.00. The van der Waals surface area contributed by atoms with E-state index in [0.29, 0.717) is 0 Å². The van der Waals surface area contributed by atoms with Crippen molar-refractivity contribution in [1.82, 2.24) is 0 Å². The molecule has 21 heavy (non-hydrogen) atoms. The summed E-state index contributed by atoms with van der Waals surface area (Å²) in [6.07, 6.45) is 0. The van der Waals surface area contributed by atoms with Gasteiger partial charge in [0.05, 0.1) is 12.2 Å². The summed E-state index contributed by atoms with van der Waals surface area (Å²) < 4.78 is 0. The maximum atomic E-state index is 12.6. The average Bonchev–Trinajstić information content (AvgIpc) is 3.03. The molecule has 0 aromatic heterocycles. The first-order valence-corrected chi connectivity index (χ1v) is 7.71. The Morgan fingerprint density at radius 1 is 1.05 bits per heavy atom. The van der Waals surface area contributed by atoms with Crippen molar-refractivity contribution in [1.29, 1.82) is 0 Å². The second-order valence-electron chi connectivity index (χ2n) is 4.48. The van der Waals surface area contributed by atoms with Crippen LogP contribution in [-0.2, 0) is 0 Å². The van der Waals surface area contributed by atoms with E-state index < -0.39 is 0 Å². The van der Waals surface area contributed by atoms with Gasteiger partial charge in [0.15, 0.2) is 5.17 Å². The highest BCUT2D eigenvalue weighted by atomic mass is 32.2. The number of hydrogen-bond acceptors (Lipinski definition) is 3. The summed E-state index contributed by atoms with van der Waals surface area (Å²) in [5.41, 5.74) is 1.59. The van der Waals surface area contributed by atoms with Gasteiger partial charge in [0.1, 0.15) is 0 Å². The Bertz CT molecular complexity index is 643. The molecule has 0 spiro atoms. The van der Waals surface area contributed by atoms with Crippen molar-refractivity contribution in [2.45, 2.75) is 0 Å². The Morgan fingerprint density at radius 2 is 1.71 bits per heavy atom. The smallest absolute Gasteiger partial charge is 0.307 e. The van der Waals surface area contributed by atoms with Crippen LogP contribution in [0.4, 0.5) is 16.2 Å². The highest BCUT2D eigenvalue weighted by Gasteiger charge is 2.24. The van der Waals surface area contributed by atoms with Crippen molar-refractivity contribution in [3.8, 4) is 0 Å². The van der Waals surface area contributed by atoms with Gasteiger partial charge in [-0.2, -0.15) is 0 Å². The molecule has 5 heteroatoms. The van der Waals surface area contributed by atoms with Gasteiger partial charge in [-0.05, 0) is 24.3 Å². The molecule has 1 aliphatic rings. The second-order valence-corrected chi connectivity index (χ2v) is 5.54. The zero-order valence-corrected chi connectivity index (χ0v) is 12.2. The number of amides is 2. The Balaban J connectivity index is 1.87. The Morgan fingerprint density at radius 3 is 2.33 bits per heavy atom. The van der Waals surface area contributed by atoms with Crippen LogP contribution in [0.1, 0.15) is 0 Å². The molecule has 1 N–H and O–H groups in total. The molecule has 2 aromatic rings. The predicted octanol–water partition coefficient (Wildman–Crippen LogP) is 3.83. The Labute approximate surface area is 127 Å². The lowest BCUT2D eigenvalue weighted by Gasteiger charge is -2.22. The number of para-hydroxylation sites is 2. The summed E-state index contributed by atoms with van der Waals surface area (Å²) in [5, 5.41) is 3.66. The summed E-state index contributed by atoms with van der Waals surface area (Å²) in [7, 11) is 0. The molecule has 1 heterocycles. The fourth-order valence-electron chi connectivity index (χ4n) is 2.05. The van der Waals surface area contributed by atoms with E-state index in [1.54, 1.807) is 16.7 Å². The number of nitrogens with zero attached hydrogens (tertiary/aromatic N) is 2. The van der Waals surface area contributed by atoms with E-state index in [4.69, 9.17) is 0 Å². The molecule has 0 saturated heterocycles. The summed E-state index contributed by atoms with van der Waals surface area (Å²) >= 11 is 1.60. The predicted molar refractivity (Wildman–Crippen MR) is 89.1 cm³/mol. The first-order chi connectivity index (χ1) is 10.3. The van der Waals surface area contributed by atoms with Crippen LogP contribution in [0.15, 0.2) is 65.7 Å². The van der Waals surface area contributed by atoms with E-state index in [0.717, 1.165) is 28.8 Å². The number of benzene rings is 2. The van der Waals surface area contributed by atoms with E-state index in [1.807, 2.05) is 60.7 Å². The van der Waals surface area contributed by atoms with E-state index in [2.05, 4.69) is 10.3 Å². The minimum atomic E-state index is -0.194. The Kier molecular flexibility index (Phi) is 4.21. The van der Waals surface area contributed by atoms with E-state index in [-0.39, 0.29) is 6.03 Å². The minimum Gasteiger partial charge on any atom is -0.307 e. The summed E-state index contributed by atoms with van der Waals surface area (Å²) in [6.45, 7) is 0.752. The fourth-order valence-corrected chi connectivity index (χ4v) is 2.92. The molecule has 0 aliphatic carbocycles. The molecular formula is C16H15N3OS. The van der Waals surface area contributed by atoms with Crippen LogP contribution in [0.3, 0.4) is 0 Å². The number of nitrogens with one attached hydrogen (secondary N) is 1. The van der Waals surface area contributed by atoms with Gasteiger partial charge in [-0.1, -0.05) is 48.2 Å². The normalized spacial score (nSPS) is 13.6. The molecule has 0 bridgehead atoms.